The van der Waals surface area contributed by atoms with Crippen LogP contribution in [0.2, 0.25) is 0 Å². The van der Waals surface area contributed by atoms with Crippen LogP contribution in [-0.2, 0) is 6.61 Å². The molecular weight excluding hydrogens is 524 g/mol. The van der Waals surface area contributed by atoms with Gasteiger partial charge in [-0.15, -0.1) is 0 Å². The molecule has 31 heavy (non-hydrogen) atoms. The molecule has 7 heteroatoms. The van der Waals surface area contributed by atoms with Gasteiger partial charge in [0, 0.05) is 15.6 Å². The minimum Gasteiger partial charge on any atom is -0.494 e. The number of hydrazone groups is 1. The summed E-state index contributed by atoms with van der Waals surface area (Å²) in [5.41, 5.74) is 4.83. The lowest BCUT2D eigenvalue weighted by Crippen LogP contribution is -2.17. The summed E-state index contributed by atoms with van der Waals surface area (Å²) < 4.78 is 13.2. The second-order valence-electron chi connectivity index (χ2n) is 6.65. The first-order chi connectivity index (χ1) is 15.1. The van der Waals surface area contributed by atoms with E-state index in [1.807, 2.05) is 49.4 Å². The van der Waals surface area contributed by atoms with Gasteiger partial charge in [-0.2, -0.15) is 5.10 Å². The Balaban J connectivity index is 1.67. The lowest BCUT2D eigenvalue weighted by Gasteiger charge is -2.12. The van der Waals surface area contributed by atoms with Crippen molar-refractivity contribution in [3.8, 4) is 11.5 Å². The largest absolute Gasteiger partial charge is 0.494 e. The van der Waals surface area contributed by atoms with Crippen LogP contribution < -0.4 is 14.9 Å². The molecule has 0 radical (unpaired) electrons. The molecule has 3 aromatic carbocycles. The van der Waals surface area contributed by atoms with Gasteiger partial charge in [-0.3, -0.25) is 4.79 Å². The predicted molar refractivity (Wildman–Crippen MR) is 130 cm³/mol. The van der Waals surface area contributed by atoms with Gasteiger partial charge in [0.15, 0.2) is 0 Å². The van der Waals surface area contributed by atoms with Crippen LogP contribution in [0.25, 0.3) is 0 Å². The maximum Gasteiger partial charge on any atom is 0.271 e. The van der Waals surface area contributed by atoms with Crippen LogP contribution in [0.5, 0.6) is 11.5 Å². The number of amides is 1. The van der Waals surface area contributed by atoms with Gasteiger partial charge in [0.1, 0.15) is 18.1 Å². The van der Waals surface area contributed by atoms with Crippen LogP contribution in [0, 0.1) is 0 Å². The molecule has 1 amide bonds. The molecule has 0 saturated carbocycles. The number of benzene rings is 3. The van der Waals surface area contributed by atoms with Crippen molar-refractivity contribution >= 4 is 44.0 Å². The predicted octanol–water partition coefficient (Wildman–Crippen LogP) is 6.34. The van der Waals surface area contributed by atoms with Crippen molar-refractivity contribution in [3.05, 3.63) is 92.4 Å². The second-order valence-corrected chi connectivity index (χ2v) is 8.42. The summed E-state index contributed by atoms with van der Waals surface area (Å²) in [4.78, 5) is 12.4. The Bertz CT molecular complexity index is 1040. The Morgan fingerprint density at radius 2 is 1.77 bits per heavy atom. The highest BCUT2D eigenvalue weighted by Gasteiger charge is 2.10. The maximum absolute atomic E-state index is 12.4. The zero-order valence-electron chi connectivity index (χ0n) is 17.0. The van der Waals surface area contributed by atoms with Gasteiger partial charge in [-0.1, -0.05) is 53.2 Å². The summed E-state index contributed by atoms with van der Waals surface area (Å²) in [7, 11) is 0. The average Bonchev–Trinajstić information content (AvgIpc) is 2.78. The lowest BCUT2D eigenvalue weighted by atomic mass is 10.2. The maximum atomic E-state index is 12.4. The average molecular weight is 546 g/mol. The van der Waals surface area contributed by atoms with Crippen molar-refractivity contribution in [3.63, 3.8) is 0 Å². The van der Waals surface area contributed by atoms with E-state index in [0.29, 0.717) is 24.5 Å². The van der Waals surface area contributed by atoms with Gasteiger partial charge in [-0.25, -0.2) is 5.43 Å². The fraction of sp³-hybridized carbons (Fsp3) is 0.167. The Labute approximate surface area is 198 Å². The summed E-state index contributed by atoms with van der Waals surface area (Å²) in [5.74, 6) is 1.07. The highest BCUT2D eigenvalue weighted by atomic mass is 79.9. The molecule has 0 spiro atoms. The molecule has 3 rings (SSSR count). The van der Waals surface area contributed by atoms with E-state index >= 15 is 0 Å². The van der Waals surface area contributed by atoms with Crippen molar-refractivity contribution in [1.29, 1.82) is 0 Å². The molecule has 0 saturated heterocycles. The van der Waals surface area contributed by atoms with E-state index in [0.717, 1.165) is 32.2 Å². The van der Waals surface area contributed by atoms with E-state index in [2.05, 4.69) is 42.4 Å². The van der Waals surface area contributed by atoms with Crippen molar-refractivity contribution in [2.45, 2.75) is 20.0 Å². The van der Waals surface area contributed by atoms with Crippen molar-refractivity contribution in [1.82, 2.24) is 5.43 Å². The quantitative estimate of drug-likeness (QED) is 0.252. The number of hydrogen-bond donors (Lipinski definition) is 1. The minimum atomic E-state index is -0.306. The first kappa shape index (κ1) is 23.0. The van der Waals surface area contributed by atoms with Gasteiger partial charge in [0.05, 0.1) is 17.3 Å². The number of carbonyl (C=O) groups is 1. The minimum absolute atomic E-state index is 0.306. The van der Waals surface area contributed by atoms with Crippen LogP contribution in [0.15, 0.2) is 80.8 Å². The van der Waals surface area contributed by atoms with Crippen LogP contribution in [0.4, 0.5) is 0 Å². The molecule has 0 bridgehead atoms. The number of nitrogens with one attached hydrogen (secondary N) is 1. The van der Waals surface area contributed by atoms with Gasteiger partial charge >= 0.3 is 0 Å². The zero-order valence-corrected chi connectivity index (χ0v) is 20.1. The van der Waals surface area contributed by atoms with E-state index < -0.39 is 0 Å². The molecule has 0 aliphatic carbocycles. The Morgan fingerprint density at radius 3 is 2.48 bits per heavy atom. The van der Waals surface area contributed by atoms with Crippen molar-refractivity contribution in [2.24, 2.45) is 5.10 Å². The normalized spacial score (nSPS) is 10.8. The number of ether oxygens (including phenoxy) is 2. The summed E-state index contributed by atoms with van der Waals surface area (Å²) in [5, 5.41) is 4.11. The van der Waals surface area contributed by atoms with E-state index in [9.17, 15) is 4.79 Å². The van der Waals surface area contributed by atoms with Gasteiger partial charge in [0.2, 0.25) is 0 Å². The number of carbonyl (C=O) groups excluding carboxylic acids is 1. The third-order valence-corrected chi connectivity index (χ3v) is 5.27. The molecule has 1 N–H and O–H groups in total. The molecule has 3 aromatic rings. The number of hydrogen-bond acceptors (Lipinski definition) is 4. The monoisotopic (exact) mass is 544 g/mol. The molecule has 0 fully saturated rings. The summed E-state index contributed by atoms with van der Waals surface area (Å²) in [6.07, 6.45) is 2.49. The molecule has 0 heterocycles. The molecular formula is C24H22Br2N2O3. The molecule has 5 nitrogen and oxygen atoms in total. The SMILES string of the molecule is CCCOc1ccc(C(=O)N/N=C\c2cc(Br)cc(Br)c2OCc2ccccc2)cc1. The van der Waals surface area contributed by atoms with Gasteiger partial charge in [0.25, 0.3) is 5.91 Å². The number of rotatable bonds is 9. The third-order valence-electron chi connectivity index (χ3n) is 4.22. The van der Waals surface area contributed by atoms with Crippen molar-refractivity contribution < 1.29 is 14.3 Å². The van der Waals surface area contributed by atoms with Gasteiger partial charge < -0.3 is 9.47 Å². The highest BCUT2D eigenvalue weighted by molar-refractivity contribution is 9.11. The van der Waals surface area contributed by atoms with Gasteiger partial charge in [-0.05, 0) is 64.3 Å². The third kappa shape index (κ3) is 6.94. The van der Waals surface area contributed by atoms with E-state index in [4.69, 9.17) is 9.47 Å². The summed E-state index contributed by atoms with van der Waals surface area (Å²) in [6.45, 7) is 3.11. The smallest absolute Gasteiger partial charge is 0.271 e. The zero-order chi connectivity index (χ0) is 22.1. The Hall–Kier alpha value is -2.64. The first-order valence-corrected chi connectivity index (χ1v) is 11.4. The first-order valence-electron chi connectivity index (χ1n) is 9.79. The van der Waals surface area contributed by atoms with Crippen LogP contribution in [-0.4, -0.2) is 18.7 Å². The van der Waals surface area contributed by atoms with Crippen LogP contribution >= 0.6 is 31.9 Å². The second kappa shape index (κ2) is 11.7. The van der Waals surface area contributed by atoms with Crippen molar-refractivity contribution in [2.75, 3.05) is 6.61 Å². The standard InChI is InChI=1S/C24H22Br2N2O3/c1-2-12-30-21-10-8-18(9-11-21)24(29)28-27-15-19-13-20(25)14-22(26)23(19)31-16-17-6-4-3-5-7-17/h3-11,13-15H,2,12,16H2,1H3,(H,28,29)/b27-15-. The molecule has 0 aliphatic heterocycles. The Morgan fingerprint density at radius 1 is 1.03 bits per heavy atom. The van der Waals surface area contributed by atoms with E-state index in [1.165, 1.54) is 0 Å². The Kier molecular flexibility index (Phi) is 8.67. The number of halogens is 2. The molecule has 0 aliphatic rings. The molecule has 0 aromatic heterocycles. The topological polar surface area (TPSA) is 59.9 Å². The van der Waals surface area contributed by atoms with Crippen LogP contribution in [0.3, 0.4) is 0 Å². The summed E-state index contributed by atoms with van der Waals surface area (Å²) in [6, 6.07) is 20.6. The molecule has 160 valence electrons. The molecule has 0 unspecified atom stereocenters. The number of nitrogens with zero attached hydrogens (tertiary/aromatic N) is 1. The fourth-order valence-corrected chi connectivity index (χ4v) is 4.08. The van der Waals surface area contributed by atoms with E-state index in [1.54, 1.807) is 30.5 Å². The summed E-state index contributed by atoms with van der Waals surface area (Å²) >= 11 is 7.02. The van der Waals surface area contributed by atoms with Crippen LogP contribution in [0.1, 0.15) is 34.8 Å². The highest BCUT2D eigenvalue weighted by Crippen LogP contribution is 2.32. The lowest BCUT2D eigenvalue weighted by molar-refractivity contribution is 0.0955. The van der Waals surface area contributed by atoms with E-state index in [-0.39, 0.29) is 5.91 Å². The molecule has 0 atom stereocenters. The fourth-order valence-electron chi connectivity index (χ4n) is 2.71.